The number of carbonyl (C=O) groups is 1. The number of thioether (sulfide) groups is 1. The molecule has 1 amide bonds. The minimum absolute atomic E-state index is 0.0861. The van der Waals surface area contributed by atoms with Crippen LogP contribution in [0, 0.1) is 5.82 Å². The summed E-state index contributed by atoms with van der Waals surface area (Å²) in [6, 6.07) is 13.4. The first-order valence-electron chi connectivity index (χ1n) is 6.88. The molecule has 1 N–H and O–H groups in total. The fraction of sp³-hybridized carbons (Fsp3) is 0.0625. The van der Waals surface area contributed by atoms with E-state index in [1.807, 2.05) is 12.1 Å². The Kier molecular flexibility index (Phi) is 5.27. The van der Waals surface area contributed by atoms with E-state index in [1.54, 1.807) is 30.3 Å². The SMILES string of the molecule is O=C(CSc1nnc(-c2ccccc2F)o1)Nc1cccc(Br)c1. The van der Waals surface area contributed by atoms with Crippen molar-refractivity contribution in [3.8, 4) is 11.5 Å². The van der Waals surface area contributed by atoms with Crippen LogP contribution in [0.3, 0.4) is 0 Å². The van der Waals surface area contributed by atoms with Gasteiger partial charge in [0.15, 0.2) is 0 Å². The lowest BCUT2D eigenvalue weighted by Crippen LogP contribution is -2.13. The molecule has 122 valence electrons. The van der Waals surface area contributed by atoms with E-state index in [4.69, 9.17) is 4.42 Å². The number of aromatic nitrogens is 2. The molecule has 0 unspecified atom stereocenters. The van der Waals surface area contributed by atoms with Gasteiger partial charge in [0.2, 0.25) is 5.91 Å². The summed E-state index contributed by atoms with van der Waals surface area (Å²) in [5, 5.41) is 10.6. The van der Waals surface area contributed by atoms with Gasteiger partial charge in [0, 0.05) is 10.2 Å². The lowest BCUT2D eigenvalue weighted by atomic mass is 10.2. The van der Waals surface area contributed by atoms with E-state index in [9.17, 15) is 9.18 Å². The highest BCUT2D eigenvalue weighted by molar-refractivity contribution is 9.10. The Morgan fingerprint density at radius 3 is 2.83 bits per heavy atom. The molecule has 1 heterocycles. The topological polar surface area (TPSA) is 68.0 Å². The molecule has 0 fully saturated rings. The van der Waals surface area contributed by atoms with Crippen LogP contribution in [0.4, 0.5) is 10.1 Å². The van der Waals surface area contributed by atoms with Crippen molar-refractivity contribution >= 4 is 39.3 Å². The van der Waals surface area contributed by atoms with E-state index < -0.39 is 5.82 Å². The molecule has 0 bridgehead atoms. The zero-order valence-corrected chi connectivity index (χ0v) is 14.6. The molecule has 0 radical (unpaired) electrons. The van der Waals surface area contributed by atoms with Crippen molar-refractivity contribution in [2.45, 2.75) is 5.22 Å². The molecule has 0 aliphatic heterocycles. The van der Waals surface area contributed by atoms with Crippen molar-refractivity contribution < 1.29 is 13.6 Å². The zero-order chi connectivity index (χ0) is 16.9. The third-order valence-corrected chi connectivity index (χ3v) is 4.26. The molecule has 1 aromatic heterocycles. The Labute approximate surface area is 149 Å². The molecule has 0 saturated carbocycles. The maximum absolute atomic E-state index is 13.7. The lowest BCUT2D eigenvalue weighted by Gasteiger charge is -2.04. The number of nitrogens with zero attached hydrogens (tertiary/aromatic N) is 2. The molecule has 2 aromatic carbocycles. The predicted octanol–water partition coefficient (Wildman–Crippen LogP) is 4.37. The molecule has 24 heavy (non-hydrogen) atoms. The normalized spacial score (nSPS) is 10.6. The largest absolute Gasteiger partial charge is 0.411 e. The van der Waals surface area contributed by atoms with Gasteiger partial charge in [-0.1, -0.05) is 45.9 Å². The van der Waals surface area contributed by atoms with E-state index in [0.717, 1.165) is 16.2 Å². The van der Waals surface area contributed by atoms with E-state index >= 15 is 0 Å². The first-order chi connectivity index (χ1) is 11.6. The number of hydrogen-bond donors (Lipinski definition) is 1. The van der Waals surface area contributed by atoms with Crippen molar-refractivity contribution in [1.82, 2.24) is 10.2 Å². The van der Waals surface area contributed by atoms with Crippen molar-refractivity contribution in [3.63, 3.8) is 0 Å². The zero-order valence-electron chi connectivity index (χ0n) is 12.2. The first-order valence-corrected chi connectivity index (χ1v) is 8.66. The average Bonchev–Trinajstić information content (AvgIpc) is 3.02. The Morgan fingerprint density at radius 2 is 2.04 bits per heavy atom. The van der Waals surface area contributed by atoms with E-state index in [0.29, 0.717) is 5.69 Å². The van der Waals surface area contributed by atoms with Crippen molar-refractivity contribution in [2.75, 3.05) is 11.1 Å². The standard InChI is InChI=1S/C16H11BrFN3O2S/c17-10-4-3-5-11(8-10)19-14(22)9-24-16-21-20-15(23-16)12-6-1-2-7-13(12)18/h1-8H,9H2,(H,19,22). The van der Waals surface area contributed by atoms with Gasteiger partial charge in [-0.2, -0.15) is 0 Å². The van der Waals surface area contributed by atoms with Crippen LogP contribution >= 0.6 is 27.7 Å². The predicted molar refractivity (Wildman–Crippen MR) is 93.2 cm³/mol. The number of carbonyl (C=O) groups excluding carboxylic acids is 1. The summed E-state index contributed by atoms with van der Waals surface area (Å²) in [5.41, 5.74) is 0.919. The monoisotopic (exact) mass is 407 g/mol. The van der Waals surface area contributed by atoms with Gasteiger partial charge < -0.3 is 9.73 Å². The van der Waals surface area contributed by atoms with Crippen LogP contribution in [-0.4, -0.2) is 21.9 Å². The van der Waals surface area contributed by atoms with Crippen LogP contribution in [-0.2, 0) is 4.79 Å². The molecule has 0 aliphatic rings. The minimum atomic E-state index is -0.440. The number of amides is 1. The number of halogens is 2. The van der Waals surface area contributed by atoms with Gasteiger partial charge in [0.25, 0.3) is 11.1 Å². The van der Waals surface area contributed by atoms with Crippen LogP contribution in [0.1, 0.15) is 0 Å². The first kappa shape index (κ1) is 16.7. The van der Waals surface area contributed by atoms with Gasteiger partial charge in [-0.05, 0) is 30.3 Å². The summed E-state index contributed by atoms with van der Waals surface area (Å²) in [7, 11) is 0. The highest BCUT2D eigenvalue weighted by Gasteiger charge is 2.14. The summed E-state index contributed by atoms with van der Waals surface area (Å²) >= 11 is 4.42. The maximum atomic E-state index is 13.7. The van der Waals surface area contributed by atoms with Gasteiger partial charge in [-0.15, -0.1) is 10.2 Å². The van der Waals surface area contributed by atoms with Gasteiger partial charge in [-0.25, -0.2) is 4.39 Å². The summed E-state index contributed by atoms with van der Waals surface area (Å²) in [6.45, 7) is 0. The molecular formula is C16H11BrFN3O2S. The van der Waals surface area contributed by atoms with Crippen LogP contribution in [0.5, 0.6) is 0 Å². The Morgan fingerprint density at radius 1 is 1.21 bits per heavy atom. The number of rotatable bonds is 5. The van der Waals surface area contributed by atoms with Gasteiger partial charge in [0.05, 0.1) is 11.3 Å². The second-order valence-electron chi connectivity index (χ2n) is 4.70. The fourth-order valence-electron chi connectivity index (χ4n) is 1.90. The number of anilines is 1. The van der Waals surface area contributed by atoms with Crippen LogP contribution in [0.15, 0.2) is 62.6 Å². The molecule has 3 aromatic rings. The molecule has 5 nitrogen and oxygen atoms in total. The Balaban J connectivity index is 1.59. The highest BCUT2D eigenvalue weighted by Crippen LogP contribution is 2.25. The van der Waals surface area contributed by atoms with Crippen LogP contribution in [0.25, 0.3) is 11.5 Å². The molecule has 0 atom stereocenters. The minimum Gasteiger partial charge on any atom is -0.411 e. The quantitative estimate of drug-likeness (QED) is 0.635. The molecule has 8 heteroatoms. The molecule has 0 aliphatic carbocycles. The summed E-state index contributed by atoms with van der Waals surface area (Å²) in [5.74, 6) is -0.456. The van der Waals surface area contributed by atoms with E-state index in [2.05, 4.69) is 31.4 Å². The smallest absolute Gasteiger partial charge is 0.277 e. The van der Waals surface area contributed by atoms with E-state index in [-0.39, 0.29) is 28.3 Å². The van der Waals surface area contributed by atoms with Crippen molar-refractivity contribution in [2.24, 2.45) is 0 Å². The highest BCUT2D eigenvalue weighted by atomic mass is 79.9. The average molecular weight is 408 g/mol. The molecule has 3 rings (SSSR count). The van der Waals surface area contributed by atoms with Gasteiger partial charge in [-0.3, -0.25) is 4.79 Å². The summed E-state index contributed by atoms with van der Waals surface area (Å²) < 4.78 is 19.9. The number of benzene rings is 2. The van der Waals surface area contributed by atoms with Gasteiger partial charge in [0.1, 0.15) is 5.82 Å². The van der Waals surface area contributed by atoms with E-state index in [1.165, 1.54) is 6.07 Å². The number of hydrogen-bond acceptors (Lipinski definition) is 5. The second kappa shape index (κ2) is 7.59. The fourth-order valence-corrected chi connectivity index (χ4v) is 2.86. The summed E-state index contributed by atoms with van der Waals surface area (Å²) in [6.07, 6.45) is 0. The van der Waals surface area contributed by atoms with Crippen LogP contribution < -0.4 is 5.32 Å². The number of nitrogens with one attached hydrogen (secondary N) is 1. The maximum Gasteiger partial charge on any atom is 0.277 e. The van der Waals surface area contributed by atoms with Crippen molar-refractivity contribution in [1.29, 1.82) is 0 Å². The third-order valence-electron chi connectivity index (χ3n) is 2.95. The summed E-state index contributed by atoms with van der Waals surface area (Å²) in [4.78, 5) is 11.9. The Hall–Kier alpha value is -2.19. The molecule has 0 saturated heterocycles. The van der Waals surface area contributed by atoms with Gasteiger partial charge >= 0.3 is 0 Å². The lowest BCUT2D eigenvalue weighted by molar-refractivity contribution is -0.113. The molecule has 0 spiro atoms. The van der Waals surface area contributed by atoms with Crippen molar-refractivity contribution in [3.05, 3.63) is 58.8 Å². The second-order valence-corrected chi connectivity index (χ2v) is 6.54. The van der Waals surface area contributed by atoms with Crippen LogP contribution in [0.2, 0.25) is 0 Å². The Bertz CT molecular complexity index is 872. The molecular weight excluding hydrogens is 397 g/mol. The third kappa shape index (κ3) is 4.21.